The minimum atomic E-state index is 0.0862. The number of amides is 1. The number of oxazole rings is 1. The van der Waals surface area contributed by atoms with Gasteiger partial charge in [-0.25, -0.2) is 9.97 Å². The van der Waals surface area contributed by atoms with Crippen molar-refractivity contribution in [2.24, 2.45) is 5.92 Å². The molecule has 0 aliphatic heterocycles. The van der Waals surface area contributed by atoms with Crippen molar-refractivity contribution in [3.05, 3.63) is 24.0 Å². The van der Waals surface area contributed by atoms with Crippen molar-refractivity contribution in [1.82, 2.24) is 9.97 Å². The molecule has 1 fully saturated rings. The standard InChI is InChI=1S/C16H21N3O2S2/c1-2-12-8-17-14(21-12)10-22-15-9-18-16(23-15)19-13(20)7-11-5-3-4-6-11/h8-9,11H,2-7,10H2,1H3,(H,18,19,20). The Morgan fingerprint density at radius 3 is 2.96 bits per heavy atom. The van der Waals surface area contributed by atoms with Crippen LogP contribution in [0.15, 0.2) is 21.0 Å². The molecule has 0 radical (unpaired) electrons. The van der Waals surface area contributed by atoms with Gasteiger partial charge < -0.3 is 9.73 Å². The number of anilines is 1. The van der Waals surface area contributed by atoms with Crippen molar-refractivity contribution >= 4 is 34.1 Å². The van der Waals surface area contributed by atoms with E-state index in [2.05, 4.69) is 15.3 Å². The van der Waals surface area contributed by atoms with Gasteiger partial charge in [0, 0.05) is 12.8 Å². The number of rotatable bonds is 7. The molecule has 0 unspecified atom stereocenters. The van der Waals surface area contributed by atoms with E-state index < -0.39 is 0 Å². The number of thiazole rings is 1. The Bertz CT molecular complexity index is 647. The predicted molar refractivity (Wildman–Crippen MR) is 92.8 cm³/mol. The van der Waals surface area contributed by atoms with Crippen molar-refractivity contribution in [2.75, 3.05) is 5.32 Å². The van der Waals surface area contributed by atoms with Crippen molar-refractivity contribution in [1.29, 1.82) is 0 Å². The Kier molecular flexibility index (Phi) is 5.72. The monoisotopic (exact) mass is 351 g/mol. The lowest BCUT2D eigenvalue weighted by atomic mass is 10.0. The summed E-state index contributed by atoms with van der Waals surface area (Å²) in [6.45, 7) is 2.04. The molecule has 5 nitrogen and oxygen atoms in total. The molecule has 23 heavy (non-hydrogen) atoms. The summed E-state index contributed by atoms with van der Waals surface area (Å²) in [5.41, 5.74) is 0. The Balaban J connectivity index is 1.46. The first-order chi connectivity index (χ1) is 11.2. The van der Waals surface area contributed by atoms with Crippen LogP contribution in [0.25, 0.3) is 0 Å². The van der Waals surface area contributed by atoms with E-state index in [4.69, 9.17) is 4.42 Å². The fraction of sp³-hybridized carbons (Fsp3) is 0.562. The van der Waals surface area contributed by atoms with Gasteiger partial charge in [0.25, 0.3) is 0 Å². The number of carbonyl (C=O) groups excluding carboxylic acids is 1. The third-order valence-corrected chi connectivity index (χ3v) is 6.06. The van der Waals surface area contributed by atoms with E-state index in [0.717, 1.165) is 22.3 Å². The van der Waals surface area contributed by atoms with Gasteiger partial charge in [-0.3, -0.25) is 4.79 Å². The Labute approximate surface area is 144 Å². The van der Waals surface area contributed by atoms with Crippen LogP contribution in [-0.2, 0) is 17.0 Å². The molecule has 0 aromatic carbocycles. The molecule has 3 rings (SSSR count). The summed E-state index contributed by atoms with van der Waals surface area (Å²) in [6, 6.07) is 0. The highest BCUT2D eigenvalue weighted by molar-refractivity contribution is 8.00. The van der Waals surface area contributed by atoms with Gasteiger partial charge in [-0.05, 0) is 18.8 Å². The van der Waals surface area contributed by atoms with Crippen molar-refractivity contribution in [3.63, 3.8) is 0 Å². The molecule has 1 saturated carbocycles. The maximum Gasteiger partial charge on any atom is 0.226 e. The zero-order valence-electron chi connectivity index (χ0n) is 13.2. The number of nitrogens with one attached hydrogen (secondary N) is 1. The number of aryl methyl sites for hydroxylation is 1. The lowest BCUT2D eigenvalue weighted by Gasteiger charge is -2.07. The Morgan fingerprint density at radius 1 is 1.39 bits per heavy atom. The van der Waals surface area contributed by atoms with Gasteiger partial charge in [0.1, 0.15) is 5.76 Å². The van der Waals surface area contributed by atoms with E-state index in [-0.39, 0.29) is 5.91 Å². The lowest BCUT2D eigenvalue weighted by molar-refractivity contribution is -0.117. The maximum absolute atomic E-state index is 12.0. The summed E-state index contributed by atoms with van der Waals surface area (Å²) in [5.74, 6) is 2.96. The van der Waals surface area contributed by atoms with Crippen LogP contribution in [0, 0.1) is 5.92 Å². The highest BCUT2D eigenvalue weighted by Gasteiger charge is 2.19. The van der Waals surface area contributed by atoms with Crippen molar-refractivity contribution in [2.45, 2.75) is 55.4 Å². The second kappa shape index (κ2) is 7.97. The average molecular weight is 351 g/mol. The fourth-order valence-electron chi connectivity index (χ4n) is 2.74. The number of thioether (sulfide) groups is 1. The van der Waals surface area contributed by atoms with Crippen LogP contribution in [0.5, 0.6) is 0 Å². The van der Waals surface area contributed by atoms with E-state index >= 15 is 0 Å². The summed E-state index contributed by atoms with van der Waals surface area (Å²) < 4.78 is 6.64. The van der Waals surface area contributed by atoms with Gasteiger partial charge in [-0.2, -0.15) is 0 Å². The summed E-state index contributed by atoms with van der Waals surface area (Å²) in [5, 5.41) is 3.59. The van der Waals surface area contributed by atoms with Crippen LogP contribution in [0.4, 0.5) is 5.13 Å². The van der Waals surface area contributed by atoms with Gasteiger partial charge in [-0.15, -0.1) is 11.8 Å². The molecular formula is C16H21N3O2S2. The van der Waals surface area contributed by atoms with Crippen LogP contribution in [-0.4, -0.2) is 15.9 Å². The molecule has 2 aromatic rings. The number of nitrogens with zero attached hydrogens (tertiary/aromatic N) is 2. The van der Waals surface area contributed by atoms with E-state index in [0.29, 0.717) is 23.2 Å². The topological polar surface area (TPSA) is 68.0 Å². The molecule has 2 aromatic heterocycles. The minimum absolute atomic E-state index is 0.0862. The normalized spacial score (nSPS) is 15.2. The van der Waals surface area contributed by atoms with Gasteiger partial charge in [0.15, 0.2) is 5.13 Å². The SMILES string of the molecule is CCc1cnc(CSc2cnc(NC(=O)CC3CCCC3)s2)o1. The number of carbonyl (C=O) groups is 1. The molecule has 124 valence electrons. The summed E-state index contributed by atoms with van der Waals surface area (Å²) in [7, 11) is 0. The smallest absolute Gasteiger partial charge is 0.226 e. The van der Waals surface area contributed by atoms with E-state index in [9.17, 15) is 4.79 Å². The maximum atomic E-state index is 12.0. The molecule has 0 atom stereocenters. The molecule has 7 heteroatoms. The summed E-state index contributed by atoms with van der Waals surface area (Å²) in [4.78, 5) is 20.5. The number of aromatic nitrogens is 2. The highest BCUT2D eigenvalue weighted by atomic mass is 32.2. The van der Waals surface area contributed by atoms with E-state index in [1.807, 2.05) is 6.92 Å². The van der Waals surface area contributed by atoms with Crippen LogP contribution in [0.2, 0.25) is 0 Å². The van der Waals surface area contributed by atoms with Crippen molar-refractivity contribution in [3.8, 4) is 0 Å². The molecule has 1 aliphatic rings. The number of hydrogen-bond donors (Lipinski definition) is 1. The molecule has 0 saturated heterocycles. The first kappa shape index (κ1) is 16.5. The zero-order chi connectivity index (χ0) is 16.1. The molecule has 0 spiro atoms. The fourth-order valence-corrected chi connectivity index (χ4v) is 4.48. The summed E-state index contributed by atoms with van der Waals surface area (Å²) in [6.07, 6.45) is 9.94. The van der Waals surface area contributed by atoms with Crippen molar-refractivity contribution < 1.29 is 9.21 Å². The second-order valence-corrected chi connectivity index (χ2v) is 8.06. The predicted octanol–water partition coefficient (Wildman–Crippen LogP) is 4.50. The Hall–Kier alpha value is -1.34. The van der Waals surface area contributed by atoms with Crippen LogP contribution >= 0.6 is 23.1 Å². The van der Waals surface area contributed by atoms with Gasteiger partial charge >= 0.3 is 0 Å². The second-order valence-electron chi connectivity index (χ2n) is 5.75. The molecular weight excluding hydrogens is 330 g/mol. The molecule has 2 heterocycles. The highest BCUT2D eigenvalue weighted by Crippen LogP contribution is 2.31. The summed E-state index contributed by atoms with van der Waals surface area (Å²) >= 11 is 3.13. The third-order valence-electron chi connectivity index (χ3n) is 3.97. The third kappa shape index (κ3) is 4.81. The lowest BCUT2D eigenvalue weighted by Crippen LogP contribution is -2.14. The largest absolute Gasteiger partial charge is 0.445 e. The van der Waals surface area contributed by atoms with Gasteiger partial charge in [0.05, 0.1) is 22.4 Å². The van der Waals surface area contributed by atoms with E-state index in [1.165, 1.54) is 37.0 Å². The molecule has 1 aliphatic carbocycles. The molecule has 1 amide bonds. The molecule has 0 bridgehead atoms. The minimum Gasteiger partial charge on any atom is -0.445 e. The zero-order valence-corrected chi connectivity index (χ0v) is 14.8. The molecule has 1 N–H and O–H groups in total. The van der Waals surface area contributed by atoms with Crippen LogP contribution in [0.1, 0.15) is 50.7 Å². The quantitative estimate of drug-likeness (QED) is 0.744. The van der Waals surface area contributed by atoms with Gasteiger partial charge in [-0.1, -0.05) is 31.1 Å². The Morgan fingerprint density at radius 2 is 2.22 bits per heavy atom. The van der Waals surface area contributed by atoms with Crippen LogP contribution in [0.3, 0.4) is 0 Å². The first-order valence-corrected chi connectivity index (χ1v) is 9.85. The first-order valence-electron chi connectivity index (χ1n) is 8.05. The average Bonchev–Trinajstić information content (AvgIpc) is 3.26. The van der Waals surface area contributed by atoms with Crippen LogP contribution < -0.4 is 5.32 Å². The van der Waals surface area contributed by atoms with E-state index in [1.54, 1.807) is 24.2 Å². The van der Waals surface area contributed by atoms with Gasteiger partial charge in [0.2, 0.25) is 11.8 Å². The number of hydrogen-bond acceptors (Lipinski definition) is 6.